The van der Waals surface area contributed by atoms with Crippen LogP contribution in [0.25, 0.3) is 0 Å². The van der Waals surface area contributed by atoms with Crippen molar-refractivity contribution in [2.45, 2.75) is 6.82 Å². The average molecular weight is 186 g/mol. The normalized spacial score (nSPS) is 17.0. The molecule has 0 unspecified atom stereocenters. The standard InChI is InChI=1S/C6H10BN.C4H6BN/c1-7-5-3-4-6-8(7)2;1-2-4-6-5-3-1/h3-6H,1-2H3;1-6H. The molecule has 0 spiro atoms. The molecule has 0 aromatic rings. The third kappa shape index (κ3) is 4.08. The van der Waals surface area contributed by atoms with Crippen LogP contribution in [-0.2, 0) is 0 Å². The Kier molecular flexibility index (Phi) is 4.76. The Balaban J connectivity index is 0.000000146. The lowest BCUT2D eigenvalue weighted by Gasteiger charge is -2.18. The topological polar surface area (TPSA) is 15.3 Å². The summed E-state index contributed by atoms with van der Waals surface area (Å²) in [5.74, 6) is 4.24. The molecule has 1 N–H and O–H groups in total. The van der Waals surface area contributed by atoms with E-state index in [1.54, 1.807) is 0 Å². The number of nitrogens with one attached hydrogen (secondary N) is 1. The SMILES string of the molecule is B1C=CC=CN1.CB1C=CC=CN1C. The van der Waals surface area contributed by atoms with Crippen molar-refractivity contribution in [3.05, 3.63) is 48.7 Å². The molecule has 2 rings (SSSR count). The Labute approximate surface area is 87.4 Å². The lowest BCUT2D eigenvalue weighted by molar-refractivity contribution is 0.716. The molecule has 2 nitrogen and oxygen atoms in total. The molecule has 72 valence electrons. The second kappa shape index (κ2) is 6.19. The van der Waals surface area contributed by atoms with Crippen LogP contribution in [0.5, 0.6) is 0 Å². The zero-order valence-corrected chi connectivity index (χ0v) is 8.85. The average Bonchev–Trinajstić information content (AvgIpc) is 2.26. The third-order valence-corrected chi connectivity index (χ3v) is 2.16. The van der Waals surface area contributed by atoms with Crippen LogP contribution in [0, 0.1) is 0 Å². The van der Waals surface area contributed by atoms with Crippen molar-refractivity contribution in [3.8, 4) is 0 Å². The fourth-order valence-corrected chi connectivity index (χ4v) is 1.09. The first-order valence-corrected chi connectivity index (χ1v) is 4.92. The minimum absolute atomic E-state index is 0.569. The van der Waals surface area contributed by atoms with E-state index in [1.807, 2.05) is 24.4 Å². The van der Waals surface area contributed by atoms with Gasteiger partial charge in [-0.1, -0.05) is 30.9 Å². The Hall–Kier alpha value is -1.31. The quantitative estimate of drug-likeness (QED) is 0.570. The van der Waals surface area contributed by atoms with Gasteiger partial charge >= 0.3 is 0 Å². The van der Waals surface area contributed by atoms with E-state index in [-0.39, 0.29) is 0 Å². The van der Waals surface area contributed by atoms with Gasteiger partial charge in [0.2, 0.25) is 0 Å². The summed E-state index contributed by atoms with van der Waals surface area (Å²) in [5, 5.41) is 3.02. The van der Waals surface area contributed by atoms with E-state index < -0.39 is 0 Å². The van der Waals surface area contributed by atoms with E-state index in [2.05, 4.69) is 48.1 Å². The van der Waals surface area contributed by atoms with E-state index in [9.17, 15) is 0 Å². The number of hydrogen-bond donors (Lipinski definition) is 1. The van der Waals surface area contributed by atoms with E-state index >= 15 is 0 Å². The summed E-state index contributed by atoms with van der Waals surface area (Å²) < 4.78 is 0. The first-order chi connectivity index (χ1) is 6.80. The van der Waals surface area contributed by atoms with Gasteiger partial charge in [0.25, 0.3) is 14.3 Å². The van der Waals surface area contributed by atoms with Crippen molar-refractivity contribution >= 4 is 14.3 Å². The van der Waals surface area contributed by atoms with Crippen LogP contribution in [0.15, 0.2) is 48.7 Å². The van der Waals surface area contributed by atoms with Crippen LogP contribution in [0.1, 0.15) is 0 Å². The summed E-state index contributed by atoms with van der Waals surface area (Å²) in [6.07, 6.45) is 12.1. The highest BCUT2D eigenvalue weighted by Crippen LogP contribution is 1.99. The van der Waals surface area contributed by atoms with Gasteiger partial charge in [0.1, 0.15) is 0 Å². The number of nitrogens with zero attached hydrogens (tertiary/aromatic N) is 1. The minimum Gasteiger partial charge on any atom is -0.433 e. The summed E-state index contributed by atoms with van der Waals surface area (Å²) in [6.45, 7) is 2.74. The Morgan fingerprint density at radius 3 is 2.36 bits per heavy atom. The Morgan fingerprint density at radius 1 is 1.21 bits per heavy atom. The van der Waals surface area contributed by atoms with Gasteiger partial charge in [0.05, 0.1) is 0 Å². The van der Waals surface area contributed by atoms with Gasteiger partial charge in [-0.3, -0.25) is 0 Å². The van der Waals surface area contributed by atoms with Crippen LogP contribution in [0.4, 0.5) is 0 Å². The molecular formula is C10H16B2N2. The van der Waals surface area contributed by atoms with E-state index in [1.165, 1.54) is 0 Å². The van der Waals surface area contributed by atoms with Crippen LogP contribution in [0.2, 0.25) is 6.82 Å². The van der Waals surface area contributed by atoms with Crippen molar-refractivity contribution in [2.24, 2.45) is 0 Å². The molecular weight excluding hydrogens is 170 g/mol. The lowest BCUT2D eigenvalue weighted by atomic mass is 9.62. The molecule has 0 aromatic heterocycles. The minimum atomic E-state index is 0.569. The first-order valence-electron chi connectivity index (χ1n) is 4.92. The monoisotopic (exact) mass is 186 g/mol. The van der Waals surface area contributed by atoms with Crippen LogP contribution >= 0.6 is 0 Å². The predicted octanol–water partition coefficient (Wildman–Crippen LogP) is 1.13. The number of rotatable bonds is 0. The zero-order valence-electron chi connectivity index (χ0n) is 8.85. The molecule has 0 radical (unpaired) electrons. The van der Waals surface area contributed by atoms with E-state index in [0.717, 1.165) is 7.41 Å². The van der Waals surface area contributed by atoms with Crippen molar-refractivity contribution in [3.63, 3.8) is 0 Å². The maximum atomic E-state index is 3.02. The molecule has 0 amide bonds. The van der Waals surface area contributed by atoms with Crippen LogP contribution < -0.4 is 5.23 Å². The smallest absolute Gasteiger partial charge is 0.277 e. The summed E-state index contributed by atoms with van der Waals surface area (Å²) in [7, 11) is 3.06. The molecule has 4 heteroatoms. The maximum Gasteiger partial charge on any atom is 0.277 e. The largest absolute Gasteiger partial charge is 0.433 e. The van der Waals surface area contributed by atoms with Crippen LogP contribution in [0.3, 0.4) is 0 Å². The summed E-state index contributed by atoms with van der Waals surface area (Å²) >= 11 is 0. The summed E-state index contributed by atoms with van der Waals surface area (Å²) in [4.78, 5) is 2.17. The lowest BCUT2D eigenvalue weighted by Crippen LogP contribution is -2.27. The highest BCUT2D eigenvalue weighted by atomic mass is 15.0. The van der Waals surface area contributed by atoms with E-state index in [0.29, 0.717) is 6.85 Å². The van der Waals surface area contributed by atoms with Crippen molar-refractivity contribution in [1.82, 2.24) is 10.0 Å². The molecule has 14 heavy (non-hydrogen) atoms. The van der Waals surface area contributed by atoms with Crippen molar-refractivity contribution in [1.29, 1.82) is 0 Å². The van der Waals surface area contributed by atoms with E-state index in [4.69, 9.17) is 0 Å². The number of allylic oxidation sites excluding steroid dienone is 4. The number of hydrogen-bond acceptors (Lipinski definition) is 2. The van der Waals surface area contributed by atoms with Gasteiger partial charge in [-0.2, -0.15) is 0 Å². The van der Waals surface area contributed by atoms with Gasteiger partial charge in [-0.15, -0.1) is 0 Å². The summed E-state index contributed by atoms with van der Waals surface area (Å²) in [5.41, 5.74) is 0. The van der Waals surface area contributed by atoms with Crippen LogP contribution in [-0.4, -0.2) is 26.1 Å². The Bertz CT molecular complexity index is 241. The highest BCUT2D eigenvalue weighted by molar-refractivity contribution is 6.60. The highest BCUT2D eigenvalue weighted by Gasteiger charge is 2.06. The van der Waals surface area contributed by atoms with Gasteiger partial charge in [-0.25, -0.2) is 0 Å². The molecule has 0 atom stereocenters. The van der Waals surface area contributed by atoms with Crippen molar-refractivity contribution in [2.75, 3.05) is 7.05 Å². The van der Waals surface area contributed by atoms with Gasteiger partial charge in [0, 0.05) is 0 Å². The third-order valence-electron chi connectivity index (χ3n) is 2.16. The molecule has 0 aliphatic carbocycles. The molecule has 0 bridgehead atoms. The predicted molar refractivity (Wildman–Crippen MR) is 66.2 cm³/mol. The molecule has 0 aromatic carbocycles. The van der Waals surface area contributed by atoms with Gasteiger partial charge in [0.15, 0.2) is 0 Å². The summed E-state index contributed by atoms with van der Waals surface area (Å²) in [6, 6.07) is 0. The molecule has 2 aliphatic rings. The van der Waals surface area contributed by atoms with Gasteiger partial charge < -0.3 is 10.0 Å². The Morgan fingerprint density at radius 2 is 2.07 bits per heavy atom. The molecule has 0 saturated carbocycles. The van der Waals surface area contributed by atoms with Crippen molar-refractivity contribution < 1.29 is 0 Å². The molecule has 2 aliphatic heterocycles. The fourth-order valence-electron chi connectivity index (χ4n) is 1.09. The first kappa shape index (κ1) is 10.8. The molecule has 2 heterocycles. The second-order valence-corrected chi connectivity index (χ2v) is 3.33. The molecule has 0 fully saturated rings. The maximum absolute atomic E-state index is 3.02. The van der Waals surface area contributed by atoms with Gasteiger partial charge in [-0.05, 0) is 31.6 Å². The zero-order chi connectivity index (χ0) is 10.2. The molecule has 0 saturated heterocycles. The second-order valence-electron chi connectivity index (χ2n) is 3.33. The fraction of sp³-hybridized carbons (Fsp3) is 0.200.